The van der Waals surface area contributed by atoms with Gasteiger partial charge in [-0.15, -0.1) is 0 Å². The summed E-state index contributed by atoms with van der Waals surface area (Å²) in [6.45, 7) is 4.61. The Hall–Kier alpha value is -1.27. The zero-order valence-corrected chi connectivity index (χ0v) is 14.7. The van der Waals surface area contributed by atoms with Crippen LogP contribution >= 0.6 is 0 Å². The van der Waals surface area contributed by atoms with Gasteiger partial charge in [0.25, 0.3) is 0 Å². The number of nitrogens with one attached hydrogen (secondary N) is 1. The summed E-state index contributed by atoms with van der Waals surface area (Å²) in [6.07, 6.45) is -4.50. The summed E-state index contributed by atoms with van der Waals surface area (Å²) in [4.78, 5) is 2.76. The lowest BCUT2D eigenvalue weighted by Gasteiger charge is -2.16. The molecule has 0 radical (unpaired) electrons. The van der Waals surface area contributed by atoms with E-state index in [9.17, 15) is 21.6 Å². The van der Waals surface area contributed by atoms with Crippen molar-refractivity contribution in [1.82, 2.24) is 9.71 Å². The van der Waals surface area contributed by atoms with Crippen molar-refractivity contribution in [2.24, 2.45) is 0 Å². The zero-order chi connectivity index (χ0) is 18.9. The summed E-state index contributed by atoms with van der Waals surface area (Å²) in [5.41, 5.74) is -1.16. The first-order valence-corrected chi connectivity index (χ1v) is 9.02. The number of ether oxygens (including phenoxy) is 3. The topological polar surface area (TPSA) is 86.8 Å². The molecule has 0 aliphatic heterocycles. The second-order valence-electron chi connectivity index (χ2n) is 4.69. The number of hydrogen-bond acceptors (Lipinski definition) is 6. The van der Waals surface area contributed by atoms with Gasteiger partial charge in [0, 0.05) is 26.0 Å². The largest absolute Gasteiger partial charge is 0.433 e. The molecule has 7 nitrogen and oxygen atoms in total. The van der Waals surface area contributed by atoms with E-state index in [4.69, 9.17) is 14.2 Å². The van der Waals surface area contributed by atoms with E-state index in [0.29, 0.717) is 25.5 Å². The average Bonchev–Trinajstić information content (AvgIpc) is 2.54. The SMILES string of the molecule is CCOC(COCCNS(=O)(=O)c1ccc(C(F)(F)F)nc1)OCC. The minimum atomic E-state index is -4.62. The van der Waals surface area contributed by atoms with Crippen molar-refractivity contribution in [3.63, 3.8) is 0 Å². The Morgan fingerprint density at radius 2 is 1.84 bits per heavy atom. The van der Waals surface area contributed by atoms with Gasteiger partial charge in [0.2, 0.25) is 10.0 Å². The maximum Gasteiger partial charge on any atom is 0.433 e. The number of halogens is 3. The van der Waals surface area contributed by atoms with Gasteiger partial charge in [0.1, 0.15) is 10.6 Å². The monoisotopic (exact) mass is 386 g/mol. The Morgan fingerprint density at radius 1 is 1.20 bits per heavy atom. The third-order valence-electron chi connectivity index (χ3n) is 2.83. The van der Waals surface area contributed by atoms with Crippen LogP contribution in [0, 0.1) is 0 Å². The van der Waals surface area contributed by atoms with E-state index in [1.54, 1.807) is 13.8 Å². The Morgan fingerprint density at radius 3 is 2.32 bits per heavy atom. The van der Waals surface area contributed by atoms with Gasteiger partial charge in [0.15, 0.2) is 6.29 Å². The number of aromatic nitrogens is 1. The van der Waals surface area contributed by atoms with Gasteiger partial charge in [-0.2, -0.15) is 13.2 Å². The minimum absolute atomic E-state index is 0.0456. The lowest BCUT2D eigenvalue weighted by molar-refractivity contribution is -0.166. The minimum Gasteiger partial charge on any atom is -0.375 e. The number of sulfonamides is 1. The van der Waals surface area contributed by atoms with Crippen molar-refractivity contribution in [2.45, 2.75) is 31.2 Å². The molecule has 0 spiro atoms. The van der Waals surface area contributed by atoms with Crippen molar-refractivity contribution in [3.05, 3.63) is 24.0 Å². The van der Waals surface area contributed by atoms with Crippen molar-refractivity contribution in [2.75, 3.05) is 33.0 Å². The fourth-order valence-electron chi connectivity index (χ4n) is 1.73. The third kappa shape index (κ3) is 7.65. The normalized spacial score (nSPS) is 12.7. The highest BCUT2D eigenvalue weighted by Gasteiger charge is 2.32. The molecule has 0 unspecified atom stereocenters. The molecule has 1 N–H and O–H groups in total. The van der Waals surface area contributed by atoms with E-state index in [1.807, 2.05) is 0 Å². The Bertz CT molecular complexity index is 602. The molecule has 11 heteroatoms. The second kappa shape index (κ2) is 10.0. The predicted octanol–water partition coefficient (Wildman–Crippen LogP) is 1.79. The molecule has 25 heavy (non-hydrogen) atoms. The van der Waals surface area contributed by atoms with Crippen LogP contribution in [0.15, 0.2) is 23.2 Å². The summed E-state index contributed by atoms with van der Waals surface area (Å²) < 4.78 is 79.1. The fourth-order valence-corrected chi connectivity index (χ4v) is 2.69. The van der Waals surface area contributed by atoms with Crippen molar-refractivity contribution in [1.29, 1.82) is 0 Å². The van der Waals surface area contributed by atoms with E-state index >= 15 is 0 Å². The van der Waals surface area contributed by atoms with Crippen molar-refractivity contribution >= 4 is 10.0 Å². The van der Waals surface area contributed by atoms with Crippen LogP contribution < -0.4 is 4.72 Å². The molecule has 0 aliphatic carbocycles. The highest BCUT2D eigenvalue weighted by Crippen LogP contribution is 2.27. The van der Waals surface area contributed by atoms with Crippen LogP contribution in [0.5, 0.6) is 0 Å². The van der Waals surface area contributed by atoms with Crippen LogP contribution in [0.2, 0.25) is 0 Å². The second-order valence-corrected chi connectivity index (χ2v) is 6.46. The van der Waals surface area contributed by atoms with Crippen LogP contribution in [0.3, 0.4) is 0 Å². The lowest BCUT2D eigenvalue weighted by Crippen LogP contribution is -2.30. The number of rotatable bonds is 11. The van der Waals surface area contributed by atoms with Crippen LogP contribution in [-0.4, -0.2) is 52.7 Å². The van der Waals surface area contributed by atoms with Crippen molar-refractivity contribution < 1.29 is 35.8 Å². The summed E-state index contributed by atoms with van der Waals surface area (Å²) in [7, 11) is -3.97. The van der Waals surface area contributed by atoms with Gasteiger partial charge >= 0.3 is 6.18 Å². The van der Waals surface area contributed by atoms with Gasteiger partial charge < -0.3 is 14.2 Å². The van der Waals surface area contributed by atoms with E-state index in [2.05, 4.69) is 9.71 Å². The Kier molecular flexibility index (Phi) is 8.73. The van der Waals surface area contributed by atoms with Crippen LogP contribution in [-0.2, 0) is 30.4 Å². The quantitative estimate of drug-likeness (QED) is 0.461. The molecule has 1 aromatic rings. The fraction of sp³-hybridized carbons (Fsp3) is 0.643. The first kappa shape index (κ1) is 21.8. The van der Waals surface area contributed by atoms with Gasteiger partial charge in [-0.25, -0.2) is 13.1 Å². The molecule has 0 saturated heterocycles. The molecule has 1 heterocycles. The molecule has 0 fully saturated rings. The van der Waals surface area contributed by atoms with Gasteiger partial charge in [-0.05, 0) is 26.0 Å². The first-order chi connectivity index (χ1) is 11.7. The maximum absolute atomic E-state index is 12.4. The maximum atomic E-state index is 12.4. The van der Waals surface area contributed by atoms with E-state index in [1.165, 1.54) is 0 Å². The standard InChI is InChI=1S/C14H21F3N2O5S/c1-3-23-13(24-4-2)10-22-8-7-19-25(20,21)11-5-6-12(18-9-11)14(15,16)17/h5-6,9,13,19H,3-4,7-8,10H2,1-2H3. The number of alkyl halides is 3. The number of pyridine rings is 1. The molecule has 1 rings (SSSR count). The first-order valence-electron chi connectivity index (χ1n) is 7.54. The molecule has 1 aromatic heterocycles. The van der Waals surface area contributed by atoms with Crippen molar-refractivity contribution in [3.8, 4) is 0 Å². The van der Waals surface area contributed by atoms with Gasteiger partial charge in [0.05, 0.1) is 13.2 Å². The molecule has 0 aromatic carbocycles. The molecular formula is C14H21F3N2O5S. The lowest BCUT2D eigenvalue weighted by atomic mass is 10.3. The molecule has 0 aliphatic rings. The highest BCUT2D eigenvalue weighted by molar-refractivity contribution is 7.89. The summed E-state index contributed by atoms with van der Waals surface area (Å²) in [5, 5.41) is 0. The Balaban J connectivity index is 2.45. The highest BCUT2D eigenvalue weighted by atomic mass is 32.2. The average molecular weight is 386 g/mol. The molecule has 0 saturated carbocycles. The zero-order valence-electron chi connectivity index (χ0n) is 13.9. The van der Waals surface area contributed by atoms with E-state index in [-0.39, 0.29) is 24.7 Å². The Labute approximate surface area is 144 Å². The molecule has 0 bridgehead atoms. The van der Waals surface area contributed by atoms with Gasteiger partial charge in [-0.3, -0.25) is 4.98 Å². The number of hydrogen-bond donors (Lipinski definition) is 1. The van der Waals surface area contributed by atoms with Crippen LogP contribution in [0.25, 0.3) is 0 Å². The molecule has 144 valence electrons. The molecular weight excluding hydrogens is 365 g/mol. The third-order valence-corrected chi connectivity index (χ3v) is 4.28. The molecule has 0 amide bonds. The van der Waals surface area contributed by atoms with Crippen LogP contribution in [0.1, 0.15) is 19.5 Å². The van der Waals surface area contributed by atoms with Crippen LogP contribution in [0.4, 0.5) is 13.2 Å². The smallest absolute Gasteiger partial charge is 0.375 e. The number of nitrogens with zero attached hydrogens (tertiary/aromatic N) is 1. The predicted molar refractivity (Wildman–Crippen MR) is 82.3 cm³/mol. The summed E-state index contributed by atoms with van der Waals surface area (Å²) in [5.74, 6) is 0. The summed E-state index contributed by atoms with van der Waals surface area (Å²) >= 11 is 0. The van der Waals surface area contributed by atoms with Gasteiger partial charge in [-0.1, -0.05) is 0 Å². The summed E-state index contributed by atoms with van der Waals surface area (Å²) in [6, 6.07) is 1.46. The van der Waals surface area contributed by atoms with E-state index < -0.39 is 28.2 Å². The van der Waals surface area contributed by atoms with E-state index in [0.717, 1.165) is 6.07 Å². The molecule has 0 atom stereocenters.